The largest absolute Gasteiger partial charge is 0.370 e. The predicted molar refractivity (Wildman–Crippen MR) is 87.4 cm³/mol. The Labute approximate surface area is 130 Å². The van der Waals surface area contributed by atoms with Crippen molar-refractivity contribution < 1.29 is 4.39 Å². The van der Waals surface area contributed by atoms with Gasteiger partial charge in [0.05, 0.1) is 0 Å². The van der Waals surface area contributed by atoms with Crippen LogP contribution in [0.25, 0.3) is 0 Å². The molecule has 22 heavy (non-hydrogen) atoms. The van der Waals surface area contributed by atoms with E-state index in [1.165, 1.54) is 12.1 Å². The van der Waals surface area contributed by atoms with Gasteiger partial charge in [-0.2, -0.15) is 4.98 Å². The molecular weight excluding hydrogens is 281 g/mol. The van der Waals surface area contributed by atoms with Crippen molar-refractivity contribution in [3.63, 3.8) is 0 Å². The maximum absolute atomic E-state index is 12.8. The summed E-state index contributed by atoms with van der Waals surface area (Å²) in [6.45, 7) is 2.46. The van der Waals surface area contributed by atoms with E-state index < -0.39 is 0 Å². The summed E-state index contributed by atoms with van der Waals surface area (Å²) >= 11 is 0. The van der Waals surface area contributed by atoms with Gasteiger partial charge >= 0.3 is 0 Å². The van der Waals surface area contributed by atoms with E-state index >= 15 is 0 Å². The number of nitrogens with one attached hydrogen (secondary N) is 2. The van der Waals surface area contributed by atoms with Crippen molar-refractivity contribution >= 4 is 11.8 Å². The second kappa shape index (κ2) is 8.29. The topological polar surface area (TPSA) is 53.1 Å². The molecule has 0 unspecified atom stereocenters. The Bertz CT molecular complexity index is 571. The smallest absolute Gasteiger partial charge is 0.224 e. The molecule has 0 bridgehead atoms. The summed E-state index contributed by atoms with van der Waals surface area (Å²) in [5, 5.41) is 6.42. The lowest BCUT2D eigenvalue weighted by Crippen LogP contribution is -2.16. The summed E-state index contributed by atoms with van der Waals surface area (Å²) in [6, 6.07) is 8.22. The number of hydrogen-bond acceptors (Lipinski definition) is 5. The van der Waals surface area contributed by atoms with Gasteiger partial charge in [0.1, 0.15) is 11.6 Å². The van der Waals surface area contributed by atoms with Crippen LogP contribution >= 0.6 is 0 Å². The molecule has 0 radical (unpaired) electrons. The molecule has 2 aromatic rings. The molecule has 6 heteroatoms. The lowest BCUT2D eigenvalue weighted by atomic mass is 10.2. The summed E-state index contributed by atoms with van der Waals surface area (Å²) < 4.78 is 12.8. The Morgan fingerprint density at radius 3 is 2.59 bits per heavy atom. The van der Waals surface area contributed by atoms with Gasteiger partial charge < -0.3 is 15.5 Å². The molecule has 0 aliphatic rings. The van der Waals surface area contributed by atoms with E-state index in [4.69, 9.17) is 0 Å². The molecule has 1 aromatic heterocycles. The van der Waals surface area contributed by atoms with Crippen molar-refractivity contribution in [1.29, 1.82) is 0 Å². The highest BCUT2D eigenvalue weighted by atomic mass is 19.1. The van der Waals surface area contributed by atoms with Gasteiger partial charge in [0.25, 0.3) is 0 Å². The Hall–Kier alpha value is -2.21. The zero-order chi connectivity index (χ0) is 15.8. The van der Waals surface area contributed by atoms with E-state index in [0.29, 0.717) is 12.5 Å². The number of rotatable bonds is 8. The molecule has 0 saturated heterocycles. The number of aromatic nitrogens is 2. The molecule has 0 fully saturated rings. The number of anilines is 2. The van der Waals surface area contributed by atoms with E-state index in [9.17, 15) is 4.39 Å². The third kappa shape index (κ3) is 5.65. The second-order valence-electron chi connectivity index (χ2n) is 5.33. The van der Waals surface area contributed by atoms with E-state index in [1.54, 1.807) is 18.3 Å². The standard InChI is InChI=1S/C16H22FN5/c1-22(2)11-3-9-18-15-8-10-19-16(21-15)20-12-13-4-6-14(17)7-5-13/h4-8,10H,3,9,11-12H2,1-2H3,(H2,18,19,20,21). The van der Waals surface area contributed by atoms with Gasteiger partial charge in [-0.15, -0.1) is 0 Å². The zero-order valence-corrected chi connectivity index (χ0v) is 13.0. The van der Waals surface area contributed by atoms with E-state index in [2.05, 4.69) is 39.6 Å². The van der Waals surface area contributed by atoms with Crippen LogP contribution in [0.3, 0.4) is 0 Å². The molecule has 2 N–H and O–H groups in total. The van der Waals surface area contributed by atoms with Gasteiger partial charge in [0.15, 0.2) is 0 Å². The van der Waals surface area contributed by atoms with Crippen LogP contribution in [0.1, 0.15) is 12.0 Å². The summed E-state index contributed by atoms with van der Waals surface area (Å²) in [5.74, 6) is 1.13. The average molecular weight is 303 g/mol. The average Bonchev–Trinajstić information content (AvgIpc) is 2.51. The Kier molecular flexibility index (Phi) is 6.09. The third-order valence-electron chi connectivity index (χ3n) is 3.11. The van der Waals surface area contributed by atoms with Crippen LogP contribution in [0.15, 0.2) is 36.5 Å². The quantitative estimate of drug-likeness (QED) is 0.734. The molecular formula is C16H22FN5. The lowest BCUT2D eigenvalue weighted by molar-refractivity contribution is 0.405. The van der Waals surface area contributed by atoms with Crippen LogP contribution in [0.5, 0.6) is 0 Å². The van der Waals surface area contributed by atoms with Gasteiger partial charge in [0.2, 0.25) is 5.95 Å². The zero-order valence-electron chi connectivity index (χ0n) is 13.0. The first-order chi connectivity index (χ1) is 10.6. The van der Waals surface area contributed by atoms with E-state index in [-0.39, 0.29) is 5.82 Å². The van der Waals surface area contributed by atoms with Crippen LogP contribution in [0.2, 0.25) is 0 Å². The van der Waals surface area contributed by atoms with Crippen molar-refractivity contribution in [3.8, 4) is 0 Å². The number of halogens is 1. The Morgan fingerprint density at radius 1 is 1.09 bits per heavy atom. The fraction of sp³-hybridized carbons (Fsp3) is 0.375. The summed E-state index contributed by atoms with van der Waals surface area (Å²) in [5.41, 5.74) is 0.981. The molecule has 0 saturated carbocycles. The number of hydrogen-bond donors (Lipinski definition) is 2. The molecule has 1 heterocycles. The van der Waals surface area contributed by atoms with Crippen molar-refractivity contribution in [2.24, 2.45) is 0 Å². The van der Waals surface area contributed by atoms with Crippen molar-refractivity contribution in [1.82, 2.24) is 14.9 Å². The van der Waals surface area contributed by atoms with Crippen molar-refractivity contribution in [2.45, 2.75) is 13.0 Å². The molecule has 0 aliphatic heterocycles. The van der Waals surface area contributed by atoms with Gasteiger partial charge in [-0.1, -0.05) is 12.1 Å². The maximum Gasteiger partial charge on any atom is 0.224 e. The predicted octanol–water partition coefficient (Wildman–Crippen LogP) is 2.59. The highest BCUT2D eigenvalue weighted by molar-refractivity contribution is 5.39. The monoisotopic (exact) mass is 303 g/mol. The first kappa shape index (κ1) is 16.2. The van der Waals surface area contributed by atoms with Crippen LogP contribution in [0, 0.1) is 5.82 Å². The minimum absolute atomic E-state index is 0.232. The molecule has 0 atom stereocenters. The minimum atomic E-state index is -0.232. The molecule has 0 spiro atoms. The van der Waals surface area contributed by atoms with Crippen LogP contribution in [-0.4, -0.2) is 42.1 Å². The summed E-state index contributed by atoms with van der Waals surface area (Å²) in [4.78, 5) is 10.7. The van der Waals surface area contributed by atoms with Crippen LogP contribution in [0.4, 0.5) is 16.2 Å². The van der Waals surface area contributed by atoms with Gasteiger partial charge in [-0.25, -0.2) is 9.37 Å². The number of nitrogens with zero attached hydrogens (tertiary/aromatic N) is 3. The SMILES string of the molecule is CN(C)CCCNc1ccnc(NCc2ccc(F)cc2)n1. The summed E-state index contributed by atoms with van der Waals surface area (Å²) in [6.07, 6.45) is 2.77. The van der Waals surface area contributed by atoms with E-state index in [1.807, 2.05) is 6.07 Å². The molecule has 0 amide bonds. The second-order valence-corrected chi connectivity index (χ2v) is 5.33. The molecule has 1 aromatic carbocycles. The first-order valence-electron chi connectivity index (χ1n) is 7.33. The lowest BCUT2D eigenvalue weighted by Gasteiger charge is -2.11. The Morgan fingerprint density at radius 2 is 1.86 bits per heavy atom. The molecule has 0 aliphatic carbocycles. The molecule has 2 rings (SSSR count). The maximum atomic E-state index is 12.8. The molecule has 118 valence electrons. The first-order valence-corrected chi connectivity index (χ1v) is 7.33. The van der Waals surface area contributed by atoms with Gasteiger partial charge in [0, 0.05) is 19.3 Å². The summed E-state index contributed by atoms with van der Waals surface area (Å²) in [7, 11) is 4.12. The fourth-order valence-electron chi connectivity index (χ4n) is 1.94. The normalized spacial score (nSPS) is 10.7. The van der Waals surface area contributed by atoms with E-state index in [0.717, 1.165) is 30.9 Å². The van der Waals surface area contributed by atoms with Crippen LogP contribution < -0.4 is 10.6 Å². The highest BCUT2D eigenvalue weighted by Crippen LogP contribution is 2.08. The molecule has 5 nitrogen and oxygen atoms in total. The highest BCUT2D eigenvalue weighted by Gasteiger charge is 2.00. The van der Waals surface area contributed by atoms with Gasteiger partial charge in [-0.3, -0.25) is 0 Å². The van der Waals surface area contributed by atoms with Crippen LogP contribution in [-0.2, 0) is 6.54 Å². The Balaban J connectivity index is 1.81. The third-order valence-corrected chi connectivity index (χ3v) is 3.11. The fourth-order valence-corrected chi connectivity index (χ4v) is 1.94. The van der Waals surface area contributed by atoms with Crippen molar-refractivity contribution in [3.05, 3.63) is 47.9 Å². The number of benzene rings is 1. The van der Waals surface area contributed by atoms with Gasteiger partial charge in [-0.05, 0) is 50.8 Å². The minimum Gasteiger partial charge on any atom is -0.370 e. The van der Waals surface area contributed by atoms with Crippen molar-refractivity contribution in [2.75, 3.05) is 37.8 Å².